The molecule has 3 amide bonds. The Kier molecular flexibility index (Phi) is 7.68. The monoisotopic (exact) mass is 451 g/mol. The van der Waals surface area contributed by atoms with Crippen LogP contribution >= 0.6 is 11.6 Å². The largest absolute Gasteiger partial charge is 0.324 e. The number of rotatable bonds is 6. The zero-order valence-corrected chi connectivity index (χ0v) is 19.0. The number of urea groups is 1. The van der Waals surface area contributed by atoms with E-state index in [1.54, 1.807) is 35.4 Å². The maximum Gasteiger partial charge on any atom is 0.320 e. The van der Waals surface area contributed by atoms with Gasteiger partial charge in [-0.05, 0) is 54.5 Å². The molecule has 1 aliphatic carbocycles. The molecule has 0 fully saturated rings. The van der Waals surface area contributed by atoms with Gasteiger partial charge in [0, 0.05) is 36.9 Å². The number of carbonyl (C=O) groups is 2. The summed E-state index contributed by atoms with van der Waals surface area (Å²) in [4.78, 5) is 25.8. The first-order chi connectivity index (χ1) is 15.3. The Balaban J connectivity index is 1.74. The van der Waals surface area contributed by atoms with Crippen LogP contribution in [-0.2, 0) is 4.79 Å². The summed E-state index contributed by atoms with van der Waals surface area (Å²) >= 11 is 5.90. The van der Waals surface area contributed by atoms with E-state index in [9.17, 15) is 9.59 Å². The lowest BCUT2D eigenvalue weighted by atomic mass is 10.0. The maximum atomic E-state index is 13.2. The maximum absolute atomic E-state index is 13.2. The number of halogens is 1. The molecule has 1 aliphatic rings. The smallest absolute Gasteiger partial charge is 0.320 e. The van der Waals surface area contributed by atoms with Crippen molar-refractivity contribution in [3.63, 3.8) is 0 Å². The van der Waals surface area contributed by atoms with E-state index in [4.69, 9.17) is 11.6 Å². The molecule has 3 rings (SSSR count). The molecular weight excluding hydrogens is 426 g/mol. The van der Waals surface area contributed by atoms with Crippen LogP contribution in [-0.4, -0.2) is 36.8 Å². The number of nitrogens with zero attached hydrogens (tertiary/aromatic N) is 2. The lowest BCUT2D eigenvalue weighted by molar-refractivity contribution is -0.122. The van der Waals surface area contributed by atoms with Crippen molar-refractivity contribution in [2.45, 2.75) is 19.4 Å². The zero-order valence-electron chi connectivity index (χ0n) is 18.2. The summed E-state index contributed by atoms with van der Waals surface area (Å²) in [5.74, 6) is -0.338. The third-order valence-corrected chi connectivity index (χ3v) is 4.97. The average molecular weight is 452 g/mol. The van der Waals surface area contributed by atoms with Gasteiger partial charge in [-0.1, -0.05) is 41.9 Å². The van der Waals surface area contributed by atoms with Crippen LogP contribution in [0.15, 0.2) is 77.6 Å². The highest BCUT2D eigenvalue weighted by Crippen LogP contribution is 2.20. The fourth-order valence-corrected chi connectivity index (χ4v) is 3.33. The minimum atomic E-state index is -0.880. The number of anilines is 1. The molecule has 2 aromatic rings. The van der Waals surface area contributed by atoms with Crippen molar-refractivity contribution in [2.24, 2.45) is 5.10 Å². The number of nitrogens with one attached hydrogen (secondary N) is 3. The number of hydrogen-bond acceptors (Lipinski definition) is 4. The fourth-order valence-electron chi connectivity index (χ4n) is 3.20. The predicted molar refractivity (Wildman–Crippen MR) is 129 cm³/mol. The van der Waals surface area contributed by atoms with Crippen LogP contribution in [0, 0.1) is 6.92 Å². The molecule has 0 spiro atoms. The summed E-state index contributed by atoms with van der Waals surface area (Å²) in [6.45, 7) is 1.90. The van der Waals surface area contributed by atoms with Gasteiger partial charge >= 0.3 is 6.03 Å². The standard InChI is InChI=1S/C24H26ClN5O2/c1-16-6-4-5-7-21(16)22(28-24(32)27-19-10-8-17(25)9-11-19)23(31)26-18-12-14-20(15-13-18)29-30(2)3/h4-14,22H,15H2,1-3H3,(H,26,31)(H2,27,28,32). The van der Waals surface area contributed by atoms with Gasteiger partial charge in [0.1, 0.15) is 6.04 Å². The number of hydrazone groups is 1. The summed E-state index contributed by atoms with van der Waals surface area (Å²) in [5, 5.41) is 15.1. The van der Waals surface area contributed by atoms with Crippen LogP contribution in [0.2, 0.25) is 5.02 Å². The SMILES string of the molecule is Cc1ccccc1C(NC(=O)Nc1ccc(Cl)cc1)C(=O)NC1=CCC(=NN(C)C)C=C1. The van der Waals surface area contributed by atoms with E-state index < -0.39 is 12.1 Å². The van der Waals surface area contributed by atoms with Crippen LogP contribution in [0.5, 0.6) is 0 Å². The number of benzene rings is 2. The van der Waals surface area contributed by atoms with Gasteiger partial charge in [0.05, 0.1) is 5.71 Å². The molecule has 7 nitrogen and oxygen atoms in total. The minimum absolute atomic E-state index is 0.338. The molecule has 1 atom stereocenters. The Hall–Kier alpha value is -3.58. The first-order valence-corrected chi connectivity index (χ1v) is 10.5. The number of amides is 3. The molecule has 3 N–H and O–H groups in total. The summed E-state index contributed by atoms with van der Waals surface area (Å²) in [6.07, 6.45) is 6.15. The van der Waals surface area contributed by atoms with E-state index in [-0.39, 0.29) is 5.91 Å². The molecule has 0 bridgehead atoms. The van der Waals surface area contributed by atoms with E-state index in [0.29, 0.717) is 28.4 Å². The number of aryl methyl sites for hydroxylation is 1. The molecule has 0 saturated heterocycles. The highest BCUT2D eigenvalue weighted by molar-refractivity contribution is 6.30. The second-order valence-electron chi connectivity index (χ2n) is 7.52. The second-order valence-corrected chi connectivity index (χ2v) is 7.96. The van der Waals surface area contributed by atoms with E-state index in [2.05, 4.69) is 21.1 Å². The molecule has 32 heavy (non-hydrogen) atoms. The Morgan fingerprint density at radius 1 is 1.03 bits per heavy atom. The van der Waals surface area contributed by atoms with E-state index in [1.165, 1.54) is 0 Å². The van der Waals surface area contributed by atoms with E-state index in [0.717, 1.165) is 11.3 Å². The Labute approximate surface area is 192 Å². The summed E-state index contributed by atoms with van der Waals surface area (Å²) in [6, 6.07) is 12.8. The van der Waals surface area contributed by atoms with Gasteiger partial charge in [0.15, 0.2) is 0 Å². The first kappa shape index (κ1) is 23.1. The van der Waals surface area contributed by atoms with Crippen molar-refractivity contribution < 1.29 is 9.59 Å². The molecule has 8 heteroatoms. The molecule has 0 heterocycles. The Morgan fingerprint density at radius 2 is 1.75 bits per heavy atom. The molecule has 0 aliphatic heterocycles. The van der Waals surface area contributed by atoms with Crippen molar-refractivity contribution in [2.75, 3.05) is 19.4 Å². The highest BCUT2D eigenvalue weighted by atomic mass is 35.5. The van der Waals surface area contributed by atoms with E-state index in [1.807, 2.05) is 57.4 Å². The minimum Gasteiger partial charge on any atom is -0.324 e. The Morgan fingerprint density at radius 3 is 2.38 bits per heavy atom. The van der Waals surface area contributed by atoms with Crippen molar-refractivity contribution >= 4 is 34.9 Å². The first-order valence-electron chi connectivity index (χ1n) is 10.1. The van der Waals surface area contributed by atoms with Crippen LogP contribution < -0.4 is 16.0 Å². The summed E-state index contributed by atoms with van der Waals surface area (Å²) in [7, 11) is 3.71. The Bertz CT molecular complexity index is 1070. The quantitative estimate of drug-likeness (QED) is 0.569. The lowest BCUT2D eigenvalue weighted by Gasteiger charge is -2.22. The van der Waals surface area contributed by atoms with Crippen molar-refractivity contribution in [1.82, 2.24) is 15.6 Å². The second kappa shape index (κ2) is 10.6. The average Bonchev–Trinajstić information content (AvgIpc) is 2.75. The molecule has 0 aromatic heterocycles. The molecule has 2 aromatic carbocycles. The summed E-state index contributed by atoms with van der Waals surface area (Å²) in [5.41, 5.74) is 3.73. The van der Waals surface area contributed by atoms with Gasteiger partial charge in [0.25, 0.3) is 5.91 Å². The van der Waals surface area contributed by atoms with Crippen LogP contribution in [0.1, 0.15) is 23.6 Å². The highest BCUT2D eigenvalue weighted by Gasteiger charge is 2.25. The normalized spacial score (nSPS) is 15.0. The summed E-state index contributed by atoms with van der Waals surface area (Å²) < 4.78 is 0. The van der Waals surface area contributed by atoms with Crippen LogP contribution in [0.4, 0.5) is 10.5 Å². The van der Waals surface area contributed by atoms with Crippen LogP contribution in [0.25, 0.3) is 0 Å². The molecule has 0 radical (unpaired) electrons. The fraction of sp³-hybridized carbons (Fsp3) is 0.208. The van der Waals surface area contributed by atoms with Gasteiger partial charge in [-0.15, -0.1) is 0 Å². The number of hydrogen-bond donors (Lipinski definition) is 3. The predicted octanol–water partition coefficient (Wildman–Crippen LogP) is 4.39. The zero-order chi connectivity index (χ0) is 23.1. The van der Waals surface area contributed by atoms with E-state index >= 15 is 0 Å². The third kappa shape index (κ3) is 6.46. The van der Waals surface area contributed by atoms with Gasteiger partial charge in [-0.25, -0.2) is 4.79 Å². The number of allylic oxidation sites excluding steroid dienone is 3. The molecule has 1 unspecified atom stereocenters. The van der Waals surface area contributed by atoms with Crippen LogP contribution in [0.3, 0.4) is 0 Å². The van der Waals surface area contributed by atoms with Crippen molar-refractivity contribution in [3.05, 3.63) is 88.6 Å². The number of carbonyl (C=O) groups excluding carboxylic acids is 2. The van der Waals surface area contributed by atoms with Gasteiger partial charge in [-0.2, -0.15) is 5.10 Å². The van der Waals surface area contributed by atoms with Crippen molar-refractivity contribution in [1.29, 1.82) is 0 Å². The lowest BCUT2D eigenvalue weighted by Crippen LogP contribution is -2.42. The van der Waals surface area contributed by atoms with Gasteiger partial charge in [0.2, 0.25) is 0 Å². The van der Waals surface area contributed by atoms with Crippen molar-refractivity contribution in [3.8, 4) is 0 Å². The molecule has 0 saturated carbocycles. The van der Waals surface area contributed by atoms with Gasteiger partial charge in [-0.3, -0.25) is 4.79 Å². The third-order valence-electron chi connectivity index (χ3n) is 4.72. The van der Waals surface area contributed by atoms with Gasteiger partial charge < -0.3 is 21.0 Å². The molecule has 166 valence electrons. The molecular formula is C24H26ClN5O2. The topological polar surface area (TPSA) is 85.8 Å².